The van der Waals surface area contributed by atoms with Gasteiger partial charge >= 0.3 is 0 Å². The summed E-state index contributed by atoms with van der Waals surface area (Å²) in [5.41, 5.74) is 7.09. The summed E-state index contributed by atoms with van der Waals surface area (Å²) in [4.78, 5) is 0. The van der Waals surface area contributed by atoms with Gasteiger partial charge in [-0.1, -0.05) is 133 Å². The van der Waals surface area contributed by atoms with E-state index in [4.69, 9.17) is 9.47 Å². The van der Waals surface area contributed by atoms with Crippen LogP contribution in [0.3, 0.4) is 0 Å². The molecule has 2 heteroatoms. The first kappa shape index (κ1) is 22.9. The Morgan fingerprint density at radius 3 is 1.24 bits per heavy atom. The average Bonchev–Trinajstić information content (AvgIpc) is 2.99. The van der Waals surface area contributed by atoms with Gasteiger partial charge in [-0.05, 0) is 54.9 Å². The lowest BCUT2D eigenvalue weighted by molar-refractivity contribution is -0.0911. The number of hydrogen-bond donors (Lipinski definition) is 0. The minimum Gasteiger partial charge on any atom is -0.366 e. The number of ether oxygens (including phenoxy) is 2. The lowest BCUT2D eigenvalue weighted by Crippen LogP contribution is -2.19. The van der Waals surface area contributed by atoms with E-state index in [1.807, 2.05) is 12.1 Å². The SMILES string of the molecule is c1ccc([C@H]2OCc3ccc4ccccc4c3-c3c(ccc4ccccc34)CO[C@@H]2c2ccccc2)cc1. The molecule has 0 amide bonds. The molecule has 0 unspecified atom stereocenters. The van der Waals surface area contributed by atoms with Gasteiger partial charge in [0.2, 0.25) is 0 Å². The van der Waals surface area contributed by atoms with Gasteiger partial charge in [0.1, 0.15) is 12.2 Å². The third-order valence-corrected chi connectivity index (χ3v) is 7.65. The summed E-state index contributed by atoms with van der Waals surface area (Å²) < 4.78 is 13.7. The van der Waals surface area contributed by atoms with Crippen LogP contribution in [0.4, 0.5) is 0 Å². The van der Waals surface area contributed by atoms with E-state index in [1.165, 1.54) is 43.8 Å². The monoisotopic (exact) mass is 492 g/mol. The maximum absolute atomic E-state index is 6.85. The number of benzene rings is 6. The fraction of sp³-hybridized carbons (Fsp3) is 0.111. The van der Waals surface area contributed by atoms with Crippen LogP contribution in [0.1, 0.15) is 34.5 Å². The van der Waals surface area contributed by atoms with Crippen LogP contribution in [0, 0.1) is 0 Å². The quantitative estimate of drug-likeness (QED) is 0.240. The molecule has 184 valence electrons. The summed E-state index contributed by atoms with van der Waals surface area (Å²) in [5, 5.41) is 4.93. The van der Waals surface area contributed by atoms with Gasteiger partial charge in [0.15, 0.2) is 0 Å². The molecule has 2 nitrogen and oxygen atoms in total. The van der Waals surface area contributed by atoms with Crippen molar-refractivity contribution in [3.63, 3.8) is 0 Å². The van der Waals surface area contributed by atoms with Crippen LogP contribution in [0.2, 0.25) is 0 Å². The Bertz CT molecular complexity index is 1590. The minimum atomic E-state index is -0.250. The molecule has 0 bridgehead atoms. The van der Waals surface area contributed by atoms with E-state index >= 15 is 0 Å². The van der Waals surface area contributed by atoms with E-state index in [0.717, 1.165) is 11.1 Å². The molecule has 38 heavy (non-hydrogen) atoms. The number of fused-ring (bicyclic) bond motifs is 7. The van der Waals surface area contributed by atoms with Crippen LogP contribution >= 0.6 is 0 Å². The molecular formula is C36H28O2. The molecule has 1 heterocycles. The maximum atomic E-state index is 6.85. The van der Waals surface area contributed by atoms with E-state index < -0.39 is 0 Å². The second-order valence-electron chi connectivity index (χ2n) is 9.93. The molecule has 0 spiro atoms. The van der Waals surface area contributed by atoms with Crippen molar-refractivity contribution in [3.05, 3.63) is 156 Å². The first-order valence-corrected chi connectivity index (χ1v) is 13.2. The van der Waals surface area contributed by atoms with Crippen LogP contribution in [0.25, 0.3) is 32.7 Å². The minimum absolute atomic E-state index is 0.250. The topological polar surface area (TPSA) is 18.5 Å². The van der Waals surface area contributed by atoms with Crippen LogP contribution in [0.5, 0.6) is 0 Å². The molecule has 0 fully saturated rings. The highest BCUT2D eigenvalue weighted by molar-refractivity contribution is 6.07. The van der Waals surface area contributed by atoms with Gasteiger partial charge in [-0.25, -0.2) is 0 Å². The maximum Gasteiger partial charge on any atom is 0.113 e. The largest absolute Gasteiger partial charge is 0.366 e. The van der Waals surface area contributed by atoms with Crippen molar-refractivity contribution in [1.82, 2.24) is 0 Å². The zero-order valence-corrected chi connectivity index (χ0v) is 21.1. The Balaban J connectivity index is 1.48. The Kier molecular flexibility index (Phi) is 5.97. The average molecular weight is 493 g/mol. The van der Waals surface area contributed by atoms with Crippen LogP contribution in [0.15, 0.2) is 133 Å². The van der Waals surface area contributed by atoms with Crippen molar-refractivity contribution in [2.75, 3.05) is 0 Å². The zero-order chi connectivity index (χ0) is 25.3. The summed E-state index contributed by atoms with van der Waals surface area (Å²) in [6.07, 6.45) is -0.500. The highest BCUT2D eigenvalue weighted by Gasteiger charge is 2.29. The molecule has 7 rings (SSSR count). The van der Waals surface area contributed by atoms with Crippen LogP contribution in [-0.4, -0.2) is 0 Å². The molecule has 1 aliphatic rings. The van der Waals surface area contributed by atoms with E-state index in [9.17, 15) is 0 Å². The molecule has 0 aliphatic carbocycles. The molecule has 0 saturated heterocycles. The van der Waals surface area contributed by atoms with Crippen LogP contribution in [-0.2, 0) is 22.7 Å². The lowest BCUT2D eigenvalue weighted by Gasteiger charge is -2.31. The molecule has 6 aromatic carbocycles. The first-order chi connectivity index (χ1) is 18.9. The van der Waals surface area contributed by atoms with Crippen molar-refractivity contribution in [2.45, 2.75) is 25.4 Å². The van der Waals surface area contributed by atoms with Crippen molar-refractivity contribution in [2.24, 2.45) is 0 Å². The molecule has 6 aromatic rings. The Morgan fingerprint density at radius 1 is 0.395 bits per heavy atom. The summed E-state index contributed by atoms with van der Waals surface area (Å²) in [6, 6.07) is 47.2. The summed E-state index contributed by atoms with van der Waals surface area (Å²) in [6.45, 7) is 0.962. The second kappa shape index (κ2) is 9.90. The highest BCUT2D eigenvalue weighted by Crippen LogP contribution is 2.44. The van der Waals surface area contributed by atoms with Crippen molar-refractivity contribution in [1.29, 1.82) is 0 Å². The number of hydrogen-bond acceptors (Lipinski definition) is 2. The highest BCUT2D eigenvalue weighted by atomic mass is 16.5. The fourth-order valence-electron chi connectivity index (χ4n) is 5.83. The summed E-state index contributed by atoms with van der Waals surface area (Å²) in [7, 11) is 0. The smallest absolute Gasteiger partial charge is 0.113 e. The lowest BCUT2D eigenvalue weighted by atomic mass is 9.87. The van der Waals surface area contributed by atoms with E-state index in [1.54, 1.807) is 0 Å². The second-order valence-corrected chi connectivity index (χ2v) is 9.93. The molecule has 1 aliphatic heterocycles. The molecule has 0 radical (unpaired) electrons. The standard InChI is InChI=1S/C36H28O2/c1-3-13-27(14-4-1)35-36(28-15-5-2-6-16-28)38-24-30-22-20-26-12-8-10-18-32(26)34(30)33-29(23-37-35)21-19-25-11-7-9-17-31(25)33/h1-22,35-36H,23-24H2/t35-,36-/m1/s1. The van der Waals surface area contributed by atoms with Gasteiger partial charge in [0.05, 0.1) is 13.2 Å². The predicted octanol–water partition coefficient (Wildman–Crippen LogP) is 9.19. The van der Waals surface area contributed by atoms with Gasteiger partial charge in [-0.15, -0.1) is 0 Å². The zero-order valence-electron chi connectivity index (χ0n) is 21.1. The van der Waals surface area contributed by atoms with E-state index in [0.29, 0.717) is 13.2 Å². The van der Waals surface area contributed by atoms with E-state index in [2.05, 4.69) is 121 Å². The van der Waals surface area contributed by atoms with Crippen molar-refractivity contribution in [3.8, 4) is 11.1 Å². The Morgan fingerprint density at radius 2 is 0.789 bits per heavy atom. The molecule has 0 aromatic heterocycles. The predicted molar refractivity (Wildman–Crippen MR) is 155 cm³/mol. The Labute approximate surface area is 223 Å². The fourth-order valence-corrected chi connectivity index (χ4v) is 5.83. The number of rotatable bonds is 2. The summed E-state index contributed by atoms with van der Waals surface area (Å²) >= 11 is 0. The van der Waals surface area contributed by atoms with Crippen LogP contribution < -0.4 is 0 Å². The third kappa shape index (κ3) is 4.09. The van der Waals surface area contributed by atoms with Crippen molar-refractivity contribution < 1.29 is 9.47 Å². The summed E-state index contributed by atoms with van der Waals surface area (Å²) in [5.74, 6) is 0. The molecule has 0 N–H and O–H groups in total. The first-order valence-electron chi connectivity index (χ1n) is 13.2. The Hall–Kier alpha value is -4.24. The van der Waals surface area contributed by atoms with E-state index in [-0.39, 0.29) is 12.2 Å². The van der Waals surface area contributed by atoms with Gasteiger partial charge in [-0.2, -0.15) is 0 Å². The van der Waals surface area contributed by atoms with Crippen molar-refractivity contribution >= 4 is 21.5 Å². The molecular weight excluding hydrogens is 464 g/mol. The van der Waals surface area contributed by atoms with Gasteiger partial charge < -0.3 is 9.47 Å². The van der Waals surface area contributed by atoms with Gasteiger partial charge in [0.25, 0.3) is 0 Å². The molecule has 2 atom stereocenters. The normalized spacial score (nSPS) is 17.6. The molecule has 0 saturated carbocycles. The third-order valence-electron chi connectivity index (χ3n) is 7.65. The van der Waals surface area contributed by atoms with Gasteiger partial charge in [0, 0.05) is 0 Å². The van der Waals surface area contributed by atoms with Gasteiger partial charge in [-0.3, -0.25) is 0 Å².